The Hall–Kier alpha value is -0.880. The zero-order valence-electron chi connectivity index (χ0n) is 8.94. The predicted octanol–water partition coefficient (Wildman–Crippen LogP) is 2.97. The molecular formula is C11H10Br2O4. The summed E-state index contributed by atoms with van der Waals surface area (Å²) in [5.74, 6) is -0.740. The molecule has 0 fully saturated rings. The van der Waals surface area contributed by atoms with Crippen LogP contribution in [0.15, 0.2) is 16.6 Å². The van der Waals surface area contributed by atoms with Gasteiger partial charge >= 0.3 is 5.97 Å². The Labute approximate surface area is 115 Å². The molecule has 1 rings (SSSR count). The second-order valence-corrected chi connectivity index (χ2v) is 5.00. The van der Waals surface area contributed by atoms with Gasteiger partial charge in [0.1, 0.15) is 10.6 Å². The number of ether oxygens (including phenoxy) is 1. The number of phenols is 1. The van der Waals surface area contributed by atoms with Gasteiger partial charge in [-0.3, -0.25) is 9.59 Å². The third kappa shape index (κ3) is 3.29. The Balaban J connectivity index is 3.17. The van der Waals surface area contributed by atoms with Gasteiger partial charge in [0.05, 0.1) is 12.2 Å². The van der Waals surface area contributed by atoms with Crippen molar-refractivity contribution in [3.8, 4) is 5.75 Å². The molecule has 0 saturated heterocycles. The monoisotopic (exact) mass is 364 g/mol. The minimum Gasteiger partial charge on any atom is -0.507 e. The molecular weight excluding hydrogens is 356 g/mol. The van der Waals surface area contributed by atoms with Crippen LogP contribution >= 0.6 is 31.9 Å². The van der Waals surface area contributed by atoms with Crippen LogP contribution in [-0.4, -0.2) is 24.0 Å². The zero-order valence-corrected chi connectivity index (χ0v) is 12.1. The standard InChI is InChI=1S/C11H10Br2O4/c1-2-17-11(16)9(13)8-4-7(12)3-6(5-14)10(8)15/h3-5,9,15H,2H2,1H3. The van der Waals surface area contributed by atoms with Crippen molar-refractivity contribution in [1.29, 1.82) is 0 Å². The van der Waals surface area contributed by atoms with Crippen LogP contribution in [-0.2, 0) is 9.53 Å². The first-order valence-electron chi connectivity index (χ1n) is 4.79. The smallest absolute Gasteiger partial charge is 0.324 e. The number of aromatic hydroxyl groups is 1. The van der Waals surface area contributed by atoms with Gasteiger partial charge in [0.25, 0.3) is 0 Å². The van der Waals surface area contributed by atoms with E-state index < -0.39 is 10.8 Å². The molecule has 1 N–H and O–H groups in total. The Kier molecular flexibility index (Phi) is 5.14. The van der Waals surface area contributed by atoms with E-state index in [2.05, 4.69) is 31.9 Å². The highest BCUT2D eigenvalue weighted by molar-refractivity contribution is 9.10. The molecule has 0 aliphatic carbocycles. The van der Waals surface area contributed by atoms with Gasteiger partial charge in [-0.15, -0.1) is 0 Å². The molecule has 0 amide bonds. The Bertz CT molecular complexity index is 445. The average Bonchev–Trinajstić information content (AvgIpc) is 2.31. The lowest BCUT2D eigenvalue weighted by atomic mass is 10.1. The van der Waals surface area contributed by atoms with Crippen LogP contribution in [0, 0.1) is 0 Å². The maximum atomic E-state index is 11.5. The van der Waals surface area contributed by atoms with Gasteiger partial charge in [-0.2, -0.15) is 0 Å². The maximum Gasteiger partial charge on any atom is 0.324 e. The topological polar surface area (TPSA) is 63.6 Å². The first kappa shape index (κ1) is 14.2. The van der Waals surface area contributed by atoms with Crippen LogP contribution in [0.1, 0.15) is 27.7 Å². The first-order valence-corrected chi connectivity index (χ1v) is 6.50. The third-order valence-electron chi connectivity index (χ3n) is 2.03. The molecule has 1 aromatic rings. The number of aldehydes is 1. The fourth-order valence-corrected chi connectivity index (χ4v) is 2.24. The van der Waals surface area contributed by atoms with Gasteiger partial charge in [0, 0.05) is 10.0 Å². The molecule has 0 radical (unpaired) electrons. The maximum absolute atomic E-state index is 11.5. The minimum atomic E-state index is -0.807. The highest BCUT2D eigenvalue weighted by Crippen LogP contribution is 2.35. The summed E-state index contributed by atoms with van der Waals surface area (Å²) in [5, 5.41) is 9.81. The lowest BCUT2D eigenvalue weighted by molar-refractivity contribution is -0.142. The van der Waals surface area contributed by atoms with Crippen molar-refractivity contribution < 1.29 is 19.4 Å². The quantitative estimate of drug-likeness (QED) is 0.506. The third-order valence-corrected chi connectivity index (χ3v) is 3.35. The molecule has 4 nitrogen and oxygen atoms in total. The van der Waals surface area contributed by atoms with Crippen molar-refractivity contribution in [2.24, 2.45) is 0 Å². The molecule has 0 heterocycles. The van der Waals surface area contributed by atoms with E-state index in [0.717, 1.165) is 0 Å². The Morgan fingerprint density at radius 2 is 2.24 bits per heavy atom. The molecule has 1 aromatic carbocycles. The summed E-state index contributed by atoms with van der Waals surface area (Å²) in [6.45, 7) is 1.94. The molecule has 17 heavy (non-hydrogen) atoms. The van der Waals surface area contributed by atoms with Gasteiger partial charge in [-0.05, 0) is 19.1 Å². The molecule has 6 heteroatoms. The highest BCUT2D eigenvalue weighted by atomic mass is 79.9. The van der Waals surface area contributed by atoms with Crippen LogP contribution in [0.5, 0.6) is 5.75 Å². The molecule has 1 atom stereocenters. The zero-order chi connectivity index (χ0) is 13.0. The average molecular weight is 366 g/mol. The van der Waals surface area contributed by atoms with Gasteiger partial charge in [0.2, 0.25) is 0 Å². The largest absolute Gasteiger partial charge is 0.507 e. The number of rotatable bonds is 4. The van der Waals surface area contributed by atoms with E-state index in [9.17, 15) is 14.7 Å². The van der Waals surface area contributed by atoms with Crippen molar-refractivity contribution in [3.05, 3.63) is 27.7 Å². The SMILES string of the molecule is CCOC(=O)C(Br)c1cc(Br)cc(C=O)c1O. The van der Waals surface area contributed by atoms with E-state index in [1.807, 2.05) is 0 Å². The number of hydrogen-bond donors (Lipinski definition) is 1. The molecule has 0 bridgehead atoms. The number of benzene rings is 1. The summed E-state index contributed by atoms with van der Waals surface area (Å²) >= 11 is 6.33. The predicted molar refractivity (Wildman–Crippen MR) is 69.5 cm³/mol. The van der Waals surface area contributed by atoms with Crippen molar-refractivity contribution >= 4 is 44.1 Å². The number of halogens is 2. The summed E-state index contributed by atoms with van der Waals surface area (Å²) in [6, 6.07) is 3.02. The van der Waals surface area contributed by atoms with Crippen LogP contribution in [0.2, 0.25) is 0 Å². The summed E-state index contributed by atoms with van der Waals surface area (Å²) in [7, 11) is 0. The number of carbonyl (C=O) groups excluding carboxylic acids is 2. The fourth-order valence-electron chi connectivity index (χ4n) is 1.27. The molecule has 0 aliphatic rings. The van der Waals surface area contributed by atoms with E-state index in [-0.39, 0.29) is 17.9 Å². The van der Waals surface area contributed by atoms with E-state index in [0.29, 0.717) is 16.3 Å². The van der Waals surface area contributed by atoms with E-state index in [4.69, 9.17) is 4.74 Å². The number of phenolic OH excluding ortho intramolecular Hbond substituents is 1. The lowest BCUT2D eigenvalue weighted by Gasteiger charge is -2.12. The van der Waals surface area contributed by atoms with Crippen molar-refractivity contribution in [3.63, 3.8) is 0 Å². The van der Waals surface area contributed by atoms with Gasteiger partial charge in [0.15, 0.2) is 6.29 Å². The molecule has 0 aliphatic heterocycles. The van der Waals surface area contributed by atoms with Crippen LogP contribution in [0.3, 0.4) is 0 Å². The summed E-state index contributed by atoms with van der Waals surface area (Å²) in [5.41, 5.74) is 0.406. The summed E-state index contributed by atoms with van der Waals surface area (Å²) < 4.78 is 5.42. The number of hydrogen-bond acceptors (Lipinski definition) is 4. The fraction of sp³-hybridized carbons (Fsp3) is 0.273. The Morgan fingerprint density at radius 3 is 2.76 bits per heavy atom. The number of esters is 1. The lowest BCUT2D eigenvalue weighted by Crippen LogP contribution is -2.11. The van der Waals surface area contributed by atoms with Crippen LogP contribution in [0.25, 0.3) is 0 Å². The second-order valence-electron chi connectivity index (χ2n) is 3.17. The summed E-state index contributed by atoms with van der Waals surface area (Å²) in [6.07, 6.45) is 0.522. The molecule has 0 aromatic heterocycles. The molecule has 1 unspecified atom stereocenters. The van der Waals surface area contributed by atoms with Crippen molar-refractivity contribution in [2.75, 3.05) is 6.61 Å². The Morgan fingerprint density at radius 1 is 1.59 bits per heavy atom. The molecule has 0 saturated carbocycles. The van der Waals surface area contributed by atoms with Crippen molar-refractivity contribution in [2.45, 2.75) is 11.8 Å². The van der Waals surface area contributed by atoms with E-state index in [1.165, 1.54) is 6.07 Å². The number of alkyl halides is 1. The molecule has 0 spiro atoms. The van der Waals surface area contributed by atoms with Crippen molar-refractivity contribution in [1.82, 2.24) is 0 Å². The van der Waals surface area contributed by atoms with E-state index >= 15 is 0 Å². The first-order chi connectivity index (χ1) is 8.01. The molecule has 92 valence electrons. The summed E-state index contributed by atoms with van der Waals surface area (Å²) in [4.78, 5) is 21.5. The van der Waals surface area contributed by atoms with Gasteiger partial charge in [-0.25, -0.2) is 0 Å². The number of carbonyl (C=O) groups is 2. The van der Waals surface area contributed by atoms with Crippen LogP contribution < -0.4 is 0 Å². The normalized spacial score (nSPS) is 11.9. The van der Waals surface area contributed by atoms with Gasteiger partial charge < -0.3 is 9.84 Å². The second kappa shape index (κ2) is 6.16. The minimum absolute atomic E-state index is 0.114. The van der Waals surface area contributed by atoms with E-state index in [1.54, 1.807) is 13.0 Å². The van der Waals surface area contributed by atoms with Crippen LogP contribution in [0.4, 0.5) is 0 Å². The van der Waals surface area contributed by atoms with Gasteiger partial charge in [-0.1, -0.05) is 31.9 Å². The highest BCUT2D eigenvalue weighted by Gasteiger charge is 2.23.